The van der Waals surface area contributed by atoms with E-state index in [4.69, 9.17) is 0 Å². The summed E-state index contributed by atoms with van der Waals surface area (Å²) in [4.78, 5) is 36.2. The molecule has 1 aliphatic carbocycles. The molecule has 1 saturated carbocycles. The fourth-order valence-corrected chi connectivity index (χ4v) is 4.23. The molecule has 0 bridgehead atoms. The van der Waals surface area contributed by atoms with Gasteiger partial charge in [-0.1, -0.05) is 42.1 Å². The van der Waals surface area contributed by atoms with Gasteiger partial charge in [0.15, 0.2) is 0 Å². The molecule has 0 radical (unpaired) electrons. The van der Waals surface area contributed by atoms with E-state index in [2.05, 4.69) is 5.32 Å². The number of thioether (sulfide) groups is 1. The molecule has 1 saturated heterocycles. The Hall–Kier alpha value is -1.66. The molecule has 0 aromatic heterocycles. The van der Waals surface area contributed by atoms with Crippen LogP contribution in [0.2, 0.25) is 0 Å². The van der Waals surface area contributed by atoms with Crippen molar-refractivity contribution in [1.29, 1.82) is 0 Å². The van der Waals surface area contributed by atoms with Gasteiger partial charge in [0.05, 0.1) is 12.0 Å². The quantitative estimate of drug-likeness (QED) is 0.785. The first-order chi connectivity index (χ1) is 9.54. The molecular weight excluding hydrogens is 278 g/mol. The van der Waals surface area contributed by atoms with E-state index >= 15 is 0 Å². The minimum Gasteiger partial charge on any atom is -0.392 e. The zero-order valence-corrected chi connectivity index (χ0v) is 11.4. The molecule has 1 aromatic carbocycles. The van der Waals surface area contributed by atoms with Gasteiger partial charge in [-0.15, -0.1) is 0 Å². The van der Waals surface area contributed by atoms with Gasteiger partial charge in [0.1, 0.15) is 4.75 Å². The highest BCUT2D eigenvalue weighted by molar-refractivity contribution is 8.16. The zero-order valence-electron chi connectivity index (χ0n) is 10.5. The number of imide groups is 1. The molecule has 0 spiro atoms. The summed E-state index contributed by atoms with van der Waals surface area (Å²) < 4.78 is -1.15. The highest BCUT2D eigenvalue weighted by atomic mass is 32.2. The number of nitrogens with one attached hydrogen (secondary N) is 1. The van der Waals surface area contributed by atoms with Crippen molar-refractivity contribution >= 4 is 28.7 Å². The van der Waals surface area contributed by atoms with Gasteiger partial charge in [-0.2, -0.15) is 0 Å². The Bertz CT molecular complexity index is 588. The fraction of sp³-hybridized carbons (Fsp3) is 0.357. The SMILES string of the molecule is O=C(S[C@]12CC[C@@H](O)[C@H]1C(=O)NC2=O)c1ccccc1. The van der Waals surface area contributed by atoms with Gasteiger partial charge < -0.3 is 5.11 Å². The van der Waals surface area contributed by atoms with Crippen molar-refractivity contribution in [3.8, 4) is 0 Å². The molecule has 1 aromatic rings. The van der Waals surface area contributed by atoms with Crippen LogP contribution in [0.5, 0.6) is 0 Å². The largest absolute Gasteiger partial charge is 0.392 e. The number of amides is 2. The van der Waals surface area contributed by atoms with E-state index in [0.29, 0.717) is 18.4 Å². The van der Waals surface area contributed by atoms with Crippen LogP contribution in [0.3, 0.4) is 0 Å². The number of rotatable bonds is 2. The van der Waals surface area contributed by atoms with Crippen molar-refractivity contribution in [3.05, 3.63) is 35.9 Å². The van der Waals surface area contributed by atoms with Crippen molar-refractivity contribution in [3.63, 3.8) is 0 Å². The second-order valence-electron chi connectivity index (χ2n) is 5.05. The summed E-state index contributed by atoms with van der Waals surface area (Å²) in [5.41, 5.74) is 0.485. The molecule has 1 aliphatic heterocycles. The van der Waals surface area contributed by atoms with Crippen LogP contribution in [0.1, 0.15) is 23.2 Å². The number of aliphatic hydroxyl groups is 1. The van der Waals surface area contributed by atoms with E-state index in [1.54, 1.807) is 30.3 Å². The maximum absolute atomic E-state index is 12.3. The van der Waals surface area contributed by atoms with Gasteiger partial charge in [0.2, 0.25) is 16.9 Å². The lowest BCUT2D eigenvalue weighted by Crippen LogP contribution is -2.38. The van der Waals surface area contributed by atoms with E-state index in [1.807, 2.05) is 0 Å². The Kier molecular flexibility index (Phi) is 3.14. The lowest BCUT2D eigenvalue weighted by Gasteiger charge is -2.23. The number of carbonyl (C=O) groups is 3. The molecule has 2 N–H and O–H groups in total. The number of carbonyl (C=O) groups excluding carboxylic acids is 3. The second kappa shape index (κ2) is 4.71. The Morgan fingerprint density at radius 2 is 2.00 bits per heavy atom. The molecule has 5 nitrogen and oxygen atoms in total. The topological polar surface area (TPSA) is 83.5 Å². The van der Waals surface area contributed by atoms with Crippen LogP contribution in [0.4, 0.5) is 0 Å². The summed E-state index contributed by atoms with van der Waals surface area (Å²) >= 11 is 0.862. The zero-order chi connectivity index (χ0) is 14.3. The first-order valence-electron chi connectivity index (χ1n) is 6.36. The van der Waals surface area contributed by atoms with E-state index in [9.17, 15) is 19.5 Å². The molecule has 3 atom stereocenters. The first kappa shape index (κ1) is 13.3. The predicted molar refractivity (Wildman–Crippen MR) is 73.0 cm³/mol. The van der Waals surface area contributed by atoms with Crippen LogP contribution >= 0.6 is 11.8 Å². The van der Waals surface area contributed by atoms with Crippen molar-refractivity contribution < 1.29 is 19.5 Å². The number of benzene rings is 1. The van der Waals surface area contributed by atoms with Crippen LogP contribution in [-0.4, -0.2) is 32.9 Å². The van der Waals surface area contributed by atoms with Gasteiger partial charge in [-0.25, -0.2) is 0 Å². The van der Waals surface area contributed by atoms with E-state index in [-0.39, 0.29) is 5.12 Å². The van der Waals surface area contributed by atoms with Crippen LogP contribution < -0.4 is 5.32 Å². The molecule has 2 fully saturated rings. The van der Waals surface area contributed by atoms with E-state index in [0.717, 1.165) is 11.8 Å². The smallest absolute Gasteiger partial charge is 0.244 e. The van der Waals surface area contributed by atoms with Gasteiger partial charge in [0, 0.05) is 5.56 Å². The van der Waals surface area contributed by atoms with Crippen LogP contribution in [0, 0.1) is 5.92 Å². The average molecular weight is 291 g/mol. The average Bonchev–Trinajstić information content (AvgIpc) is 2.89. The third-order valence-electron chi connectivity index (χ3n) is 3.89. The molecule has 6 heteroatoms. The standard InChI is InChI=1S/C14H13NO4S/c16-9-6-7-14(10(9)11(17)15-13(14)19)20-12(18)8-4-2-1-3-5-8/h1-5,9-10,16H,6-7H2,(H,15,17,19)/t9-,10+,14-/m1/s1. The maximum Gasteiger partial charge on any atom is 0.244 e. The molecule has 2 amide bonds. The Morgan fingerprint density at radius 3 is 2.70 bits per heavy atom. The fourth-order valence-electron chi connectivity index (χ4n) is 2.89. The van der Waals surface area contributed by atoms with Crippen molar-refractivity contribution in [1.82, 2.24) is 5.32 Å². The van der Waals surface area contributed by atoms with Crippen molar-refractivity contribution in [2.45, 2.75) is 23.7 Å². The minimum atomic E-state index is -1.15. The number of fused-ring (bicyclic) bond motifs is 1. The first-order valence-corrected chi connectivity index (χ1v) is 7.18. The molecule has 3 rings (SSSR count). The molecule has 2 aliphatic rings. The normalized spacial score (nSPS) is 32.0. The number of aliphatic hydroxyl groups excluding tert-OH is 1. The third-order valence-corrected chi connectivity index (χ3v) is 5.32. The highest BCUT2D eigenvalue weighted by Gasteiger charge is 2.63. The van der Waals surface area contributed by atoms with E-state index in [1.165, 1.54) is 0 Å². The van der Waals surface area contributed by atoms with Gasteiger partial charge in [-0.05, 0) is 12.8 Å². The minimum absolute atomic E-state index is 0.255. The number of hydrogen-bond donors (Lipinski definition) is 2. The molecule has 1 heterocycles. The van der Waals surface area contributed by atoms with Crippen LogP contribution in [0.25, 0.3) is 0 Å². The maximum atomic E-state index is 12.3. The Morgan fingerprint density at radius 1 is 1.30 bits per heavy atom. The number of hydrogen-bond acceptors (Lipinski definition) is 5. The van der Waals surface area contributed by atoms with Crippen LogP contribution in [-0.2, 0) is 9.59 Å². The van der Waals surface area contributed by atoms with Crippen molar-refractivity contribution in [2.24, 2.45) is 5.92 Å². The summed E-state index contributed by atoms with van der Waals surface area (Å²) in [5, 5.41) is 11.9. The highest BCUT2D eigenvalue weighted by Crippen LogP contribution is 2.50. The lowest BCUT2D eigenvalue weighted by atomic mass is 9.97. The monoisotopic (exact) mass is 291 g/mol. The van der Waals surface area contributed by atoms with Crippen molar-refractivity contribution in [2.75, 3.05) is 0 Å². The molecular formula is C14H13NO4S. The summed E-state index contributed by atoms with van der Waals surface area (Å²) in [6.07, 6.45) is -0.170. The van der Waals surface area contributed by atoms with Gasteiger partial charge in [0.25, 0.3) is 0 Å². The van der Waals surface area contributed by atoms with Gasteiger partial charge in [-0.3, -0.25) is 19.7 Å². The summed E-state index contributed by atoms with van der Waals surface area (Å²) in [5.74, 6) is -1.76. The van der Waals surface area contributed by atoms with Gasteiger partial charge >= 0.3 is 0 Å². The van der Waals surface area contributed by atoms with Crippen LogP contribution in [0.15, 0.2) is 30.3 Å². The molecule has 20 heavy (non-hydrogen) atoms. The molecule has 0 unspecified atom stereocenters. The Labute approximate surface area is 119 Å². The summed E-state index contributed by atoms with van der Waals surface area (Å²) in [6.45, 7) is 0. The predicted octanol–water partition coefficient (Wildman–Crippen LogP) is 0.726. The second-order valence-corrected chi connectivity index (χ2v) is 6.35. The third kappa shape index (κ3) is 1.87. The summed E-state index contributed by atoms with van der Waals surface area (Å²) in [6, 6.07) is 8.62. The van der Waals surface area contributed by atoms with E-state index < -0.39 is 28.6 Å². The lowest BCUT2D eigenvalue weighted by molar-refractivity contribution is -0.127. The Balaban J connectivity index is 1.90. The summed E-state index contributed by atoms with van der Waals surface area (Å²) in [7, 11) is 0. The molecule has 104 valence electrons.